The molecule has 3 heterocycles. The number of piperazine rings is 1. The van der Waals surface area contributed by atoms with Crippen molar-refractivity contribution in [2.45, 2.75) is 32.6 Å². The summed E-state index contributed by atoms with van der Waals surface area (Å²) in [5.74, 6) is 0.894. The lowest BCUT2D eigenvalue weighted by molar-refractivity contribution is -0.132. The van der Waals surface area contributed by atoms with Gasteiger partial charge in [0.05, 0.1) is 6.54 Å². The third-order valence-electron chi connectivity index (χ3n) is 4.85. The fourth-order valence-electron chi connectivity index (χ4n) is 3.44. The Morgan fingerprint density at radius 2 is 1.75 bits per heavy atom. The molecule has 3 rings (SSSR count). The molecule has 0 aliphatic carbocycles. The average molecular weight is 333 g/mol. The van der Waals surface area contributed by atoms with Crippen molar-refractivity contribution in [2.24, 2.45) is 0 Å². The van der Waals surface area contributed by atoms with Gasteiger partial charge in [0.15, 0.2) is 0 Å². The van der Waals surface area contributed by atoms with E-state index in [4.69, 9.17) is 0 Å². The summed E-state index contributed by atoms with van der Waals surface area (Å²) < 4.78 is 0. The van der Waals surface area contributed by atoms with Crippen molar-refractivity contribution >= 4 is 11.9 Å². The van der Waals surface area contributed by atoms with Crippen LogP contribution in [0.5, 0.6) is 0 Å². The Morgan fingerprint density at radius 1 is 1.08 bits per heavy atom. The lowest BCUT2D eigenvalue weighted by atomic mass is 10.2. The number of nitrogens with zero attached hydrogens (tertiary/aromatic N) is 4. The van der Waals surface area contributed by atoms with Gasteiger partial charge in [-0.1, -0.05) is 12.8 Å². The first kappa shape index (κ1) is 17.0. The van der Waals surface area contributed by atoms with E-state index in [1.165, 1.54) is 18.9 Å². The molecule has 0 spiro atoms. The van der Waals surface area contributed by atoms with Crippen LogP contribution in [0.4, 0.5) is 5.95 Å². The second-order valence-electron chi connectivity index (χ2n) is 6.77. The van der Waals surface area contributed by atoms with Crippen molar-refractivity contribution in [3.8, 4) is 0 Å². The van der Waals surface area contributed by atoms with E-state index in [2.05, 4.69) is 19.8 Å². The minimum Gasteiger partial charge on any atom is -0.342 e. The van der Waals surface area contributed by atoms with E-state index in [0.717, 1.165) is 57.8 Å². The van der Waals surface area contributed by atoms with Crippen LogP contribution < -0.4 is 10.5 Å². The van der Waals surface area contributed by atoms with Crippen LogP contribution in [-0.2, 0) is 4.79 Å². The Morgan fingerprint density at radius 3 is 2.38 bits per heavy atom. The molecule has 132 valence electrons. The number of aryl methyl sites for hydroxylation is 1. The summed E-state index contributed by atoms with van der Waals surface area (Å²) in [6.45, 7) is 7.34. The van der Waals surface area contributed by atoms with Crippen LogP contribution in [0, 0.1) is 6.92 Å². The van der Waals surface area contributed by atoms with Crippen molar-refractivity contribution in [1.82, 2.24) is 19.8 Å². The number of hydrogen-bond acceptors (Lipinski definition) is 5. The predicted octanol–water partition coefficient (Wildman–Crippen LogP) is 0.603. The van der Waals surface area contributed by atoms with Crippen LogP contribution in [0.1, 0.15) is 31.4 Å². The van der Waals surface area contributed by atoms with E-state index < -0.39 is 0 Å². The molecule has 1 aromatic rings. The first-order chi connectivity index (χ1) is 11.6. The number of H-pyrrole nitrogens is 1. The molecule has 2 aliphatic rings. The van der Waals surface area contributed by atoms with Crippen LogP contribution in [0.15, 0.2) is 10.9 Å². The number of aromatic amines is 1. The molecule has 1 amide bonds. The fourth-order valence-corrected chi connectivity index (χ4v) is 3.44. The third-order valence-corrected chi connectivity index (χ3v) is 4.85. The minimum absolute atomic E-state index is 0.115. The quantitative estimate of drug-likeness (QED) is 0.877. The maximum atomic E-state index is 12.5. The van der Waals surface area contributed by atoms with Gasteiger partial charge in [-0.25, -0.2) is 4.98 Å². The number of hydrogen-bond donors (Lipinski definition) is 1. The molecule has 2 aliphatic heterocycles. The van der Waals surface area contributed by atoms with Gasteiger partial charge in [0.25, 0.3) is 5.56 Å². The van der Waals surface area contributed by atoms with E-state index in [9.17, 15) is 9.59 Å². The second kappa shape index (κ2) is 7.79. The summed E-state index contributed by atoms with van der Waals surface area (Å²) >= 11 is 0. The van der Waals surface area contributed by atoms with Gasteiger partial charge >= 0.3 is 0 Å². The molecule has 0 aromatic carbocycles. The highest BCUT2D eigenvalue weighted by atomic mass is 16.2. The highest BCUT2D eigenvalue weighted by molar-refractivity contribution is 5.78. The number of likely N-dealkylation sites (tertiary alicyclic amines) is 1. The highest BCUT2D eigenvalue weighted by Crippen LogP contribution is 2.12. The predicted molar refractivity (Wildman–Crippen MR) is 93.3 cm³/mol. The van der Waals surface area contributed by atoms with Gasteiger partial charge in [-0.2, -0.15) is 0 Å². The number of aromatic nitrogens is 2. The van der Waals surface area contributed by atoms with E-state index >= 15 is 0 Å². The van der Waals surface area contributed by atoms with Crippen LogP contribution >= 0.6 is 0 Å². The molecule has 0 unspecified atom stereocenters. The van der Waals surface area contributed by atoms with Crippen LogP contribution in [0.25, 0.3) is 0 Å². The standard InChI is InChI=1S/C17H27N5O2/c1-14-12-15(23)19-17(18-14)22-10-8-20(9-11-22)13-16(24)21-6-4-2-3-5-7-21/h12H,2-11,13H2,1H3,(H,18,19,23). The van der Waals surface area contributed by atoms with Gasteiger partial charge in [-0.05, 0) is 19.8 Å². The molecule has 24 heavy (non-hydrogen) atoms. The summed E-state index contributed by atoms with van der Waals surface area (Å²) in [4.78, 5) is 37.6. The number of amides is 1. The van der Waals surface area contributed by atoms with E-state index in [0.29, 0.717) is 12.5 Å². The molecule has 0 atom stereocenters. The van der Waals surface area contributed by atoms with Crippen molar-refractivity contribution in [1.29, 1.82) is 0 Å². The Hall–Kier alpha value is -1.89. The molecule has 0 bridgehead atoms. The van der Waals surface area contributed by atoms with Crippen molar-refractivity contribution in [3.63, 3.8) is 0 Å². The zero-order valence-corrected chi connectivity index (χ0v) is 14.5. The summed E-state index contributed by atoms with van der Waals surface area (Å²) in [5, 5.41) is 0. The molecule has 1 aromatic heterocycles. The van der Waals surface area contributed by atoms with Crippen LogP contribution in [0.2, 0.25) is 0 Å². The molecule has 0 saturated carbocycles. The first-order valence-electron chi connectivity index (χ1n) is 8.95. The Kier molecular flexibility index (Phi) is 5.50. The van der Waals surface area contributed by atoms with Crippen molar-refractivity contribution in [3.05, 3.63) is 22.1 Å². The maximum absolute atomic E-state index is 12.5. The maximum Gasteiger partial charge on any atom is 0.252 e. The Labute approximate surface area is 142 Å². The van der Waals surface area contributed by atoms with Crippen molar-refractivity contribution in [2.75, 3.05) is 50.7 Å². The lowest BCUT2D eigenvalue weighted by Crippen LogP contribution is -2.50. The molecular weight excluding hydrogens is 306 g/mol. The molecule has 1 N–H and O–H groups in total. The highest BCUT2D eigenvalue weighted by Gasteiger charge is 2.23. The number of carbonyl (C=O) groups excluding carboxylic acids is 1. The molecule has 2 saturated heterocycles. The SMILES string of the molecule is Cc1cc(=O)[nH]c(N2CCN(CC(=O)N3CCCCCC3)CC2)n1. The topological polar surface area (TPSA) is 72.5 Å². The monoisotopic (exact) mass is 333 g/mol. The van der Waals surface area contributed by atoms with Gasteiger partial charge in [-0.15, -0.1) is 0 Å². The normalized spacial score (nSPS) is 20.0. The Balaban J connectivity index is 1.51. The van der Waals surface area contributed by atoms with Crippen LogP contribution in [0.3, 0.4) is 0 Å². The van der Waals surface area contributed by atoms with Gasteiger partial charge in [0.1, 0.15) is 0 Å². The summed E-state index contributed by atoms with van der Waals surface area (Å²) in [5.41, 5.74) is 0.615. The number of carbonyl (C=O) groups is 1. The number of nitrogens with one attached hydrogen (secondary N) is 1. The third kappa shape index (κ3) is 4.35. The van der Waals surface area contributed by atoms with Gasteiger partial charge in [-0.3, -0.25) is 19.5 Å². The molecular formula is C17H27N5O2. The summed E-state index contributed by atoms with van der Waals surface area (Å²) in [6.07, 6.45) is 4.74. The molecule has 0 radical (unpaired) electrons. The van der Waals surface area contributed by atoms with Crippen LogP contribution in [-0.4, -0.2) is 71.5 Å². The smallest absolute Gasteiger partial charge is 0.252 e. The Bertz CT molecular complexity index is 614. The largest absolute Gasteiger partial charge is 0.342 e. The number of anilines is 1. The summed E-state index contributed by atoms with van der Waals surface area (Å²) in [6, 6.07) is 1.50. The van der Waals surface area contributed by atoms with E-state index in [1.807, 2.05) is 11.8 Å². The molecule has 7 nitrogen and oxygen atoms in total. The molecule has 7 heteroatoms. The minimum atomic E-state index is -0.115. The lowest BCUT2D eigenvalue weighted by Gasteiger charge is -2.35. The summed E-state index contributed by atoms with van der Waals surface area (Å²) in [7, 11) is 0. The van der Waals surface area contributed by atoms with Gasteiger partial charge in [0, 0.05) is 51.0 Å². The second-order valence-corrected chi connectivity index (χ2v) is 6.77. The van der Waals surface area contributed by atoms with Gasteiger partial charge < -0.3 is 9.80 Å². The molecule has 2 fully saturated rings. The van der Waals surface area contributed by atoms with E-state index in [-0.39, 0.29) is 11.5 Å². The number of rotatable bonds is 3. The average Bonchev–Trinajstić information content (AvgIpc) is 2.84. The first-order valence-corrected chi connectivity index (χ1v) is 8.95. The zero-order valence-electron chi connectivity index (χ0n) is 14.5. The fraction of sp³-hybridized carbons (Fsp3) is 0.706. The van der Waals surface area contributed by atoms with E-state index in [1.54, 1.807) is 0 Å². The van der Waals surface area contributed by atoms with Crippen molar-refractivity contribution < 1.29 is 4.79 Å². The zero-order chi connectivity index (χ0) is 16.9. The van der Waals surface area contributed by atoms with Gasteiger partial charge in [0.2, 0.25) is 11.9 Å².